The van der Waals surface area contributed by atoms with Crippen molar-refractivity contribution in [3.63, 3.8) is 0 Å². The molecule has 4 heteroatoms. The highest BCUT2D eigenvalue weighted by Gasteiger charge is 2.16. The van der Waals surface area contributed by atoms with Crippen molar-refractivity contribution >= 4 is 5.91 Å². The molecule has 0 saturated heterocycles. The second kappa shape index (κ2) is 6.37. The lowest BCUT2D eigenvalue weighted by atomic mass is 10.1. The maximum atomic E-state index is 12.2. The molecule has 0 aliphatic heterocycles. The van der Waals surface area contributed by atoms with E-state index in [9.17, 15) is 4.79 Å². The first-order chi connectivity index (χ1) is 9.63. The van der Waals surface area contributed by atoms with E-state index >= 15 is 0 Å². The Morgan fingerprint density at radius 3 is 2.75 bits per heavy atom. The lowest BCUT2D eigenvalue weighted by Gasteiger charge is -2.16. The summed E-state index contributed by atoms with van der Waals surface area (Å²) >= 11 is 0. The second-order valence-electron chi connectivity index (χ2n) is 4.94. The Labute approximate surface area is 119 Å². The fourth-order valence-corrected chi connectivity index (χ4v) is 2.15. The zero-order chi connectivity index (χ0) is 14.5. The van der Waals surface area contributed by atoms with Gasteiger partial charge in [-0.25, -0.2) is 0 Å². The summed E-state index contributed by atoms with van der Waals surface area (Å²) < 4.78 is 0. The van der Waals surface area contributed by atoms with E-state index in [1.54, 1.807) is 6.20 Å². The summed E-state index contributed by atoms with van der Waals surface area (Å²) in [7, 11) is 0. The second-order valence-corrected chi connectivity index (χ2v) is 4.94. The van der Waals surface area contributed by atoms with E-state index in [4.69, 9.17) is 0 Å². The maximum Gasteiger partial charge on any atom is 0.268 e. The number of nitrogens with one attached hydrogen (secondary N) is 2. The molecule has 0 saturated carbocycles. The Kier molecular flexibility index (Phi) is 4.56. The van der Waals surface area contributed by atoms with Crippen LogP contribution in [0.2, 0.25) is 0 Å². The van der Waals surface area contributed by atoms with Gasteiger partial charge < -0.3 is 10.3 Å². The summed E-state index contributed by atoms with van der Waals surface area (Å²) in [5.74, 6) is -0.0835. The van der Waals surface area contributed by atoms with E-state index in [0.29, 0.717) is 5.69 Å². The van der Waals surface area contributed by atoms with Gasteiger partial charge in [0.25, 0.3) is 5.91 Å². The predicted octanol–water partition coefficient (Wildman–Crippen LogP) is 3.16. The minimum absolute atomic E-state index is 0.0595. The molecule has 0 aromatic carbocycles. The van der Waals surface area contributed by atoms with Crippen LogP contribution in [0.1, 0.15) is 53.7 Å². The maximum absolute atomic E-state index is 12.2. The van der Waals surface area contributed by atoms with Crippen LogP contribution in [-0.2, 0) is 6.42 Å². The highest BCUT2D eigenvalue weighted by molar-refractivity contribution is 5.92. The van der Waals surface area contributed by atoms with Crippen LogP contribution in [0, 0.1) is 6.92 Å². The molecular formula is C16H21N3O. The standard InChI is InChI=1S/C16H21N3O/c1-4-12-6-7-14(18-12)16(20)19-13(5-2)15-10-11(3)8-9-17-15/h6-10,13,18H,4-5H2,1-3H3,(H,19,20)/t13-/m0/s1. The highest BCUT2D eigenvalue weighted by atomic mass is 16.1. The smallest absolute Gasteiger partial charge is 0.268 e. The summed E-state index contributed by atoms with van der Waals surface area (Å²) in [4.78, 5) is 19.7. The van der Waals surface area contributed by atoms with Gasteiger partial charge in [-0.05, 0) is 49.6 Å². The number of amides is 1. The van der Waals surface area contributed by atoms with E-state index in [-0.39, 0.29) is 11.9 Å². The van der Waals surface area contributed by atoms with Gasteiger partial charge in [0.15, 0.2) is 0 Å². The van der Waals surface area contributed by atoms with E-state index in [1.807, 2.05) is 38.1 Å². The largest absolute Gasteiger partial charge is 0.354 e. The predicted molar refractivity (Wildman–Crippen MR) is 79.6 cm³/mol. The minimum atomic E-state index is -0.0835. The van der Waals surface area contributed by atoms with Crippen LogP contribution in [0.15, 0.2) is 30.5 Å². The van der Waals surface area contributed by atoms with Crippen molar-refractivity contribution in [1.29, 1.82) is 0 Å². The van der Waals surface area contributed by atoms with Crippen molar-refractivity contribution in [3.05, 3.63) is 53.1 Å². The molecule has 2 rings (SSSR count). The fraction of sp³-hybridized carbons (Fsp3) is 0.375. The monoisotopic (exact) mass is 271 g/mol. The molecule has 0 unspecified atom stereocenters. The van der Waals surface area contributed by atoms with Gasteiger partial charge >= 0.3 is 0 Å². The first-order valence-electron chi connectivity index (χ1n) is 7.05. The topological polar surface area (TPSA) is 57.8 Å². The van der Waals surface area contributed by atoms with Gasteiger partial charge in [0.05, 0.1) is 11.7 Å². The first-order valence-corrected chi connectivity index (χ1v) is 7.05. The summed E-state index contributed by atoms with van der Waals surface area (Å²) in [6.07, 6.45) is 3.48. The van der Waals surface area contributed by atoms with E-state index in [2.05, 4.69) is 22.2 Å². The number of rotatable bonds is 5. The number of carbonyl (C=O) groups is 1. The molecule has 0 bridgehead atoms. The molecule has 106 valence electrons. The normalized spacial score (nSPS) is 12.2. The van der Waals surface area contributed by atoms with Crippen LogP contribution >= 0.6 is 0 Å². The number of aryl methyl sites for hydroxylation is 2. The van der Waals surface area contributed by atoms with Crippen LogP contribution in [0.5, 0.6) is 0 Å². The van der Waals surface area contributed by atoms with Crippen molar-refractivity contribution in [2.45, 2.75) is 39.7 Å². The number of aromatic amines is 1. The summed E-state index contributed by atoms with van der Waals surface area (Å²) in [5.41, 5.74) is 3.73. The van der Waals surface area contributed by atoms with Gasteiger partial charge in [-0.2, -0.15) is 0 Å². The average Bonchev–Trinajstić information content (AvgIpc) is 2.93. The van der Waals surface area contributed by atoms with E-state index in [1.165, 1.54) is 0 Å². The molecule has 1 atom stereocenters. The number of carbonyl (C=O) groups excluding carboxylic acids is 1. The molecule has 0 radical (unpaired) electrons. The number of hydrogen-bond donors (Lipinski definition) is 2. The highest BCUT2D eigenvalue weighted by Crippen LogP contribution is 2.16. The molecule has 2 N–H and O–H groups in total. The molecule has 1 amide bonds. The van der Waals surface area contributed by atoms with Crippen molar-refractivity contribution in [3.8, 4) is 0 Å². The molecule has 2 aromatic heterocycles. The van der Waals surface area contributed by atoms with Gasteiger partial charge in [0, 0.05) is 11.9 Å². The zero-order valence-corrected chi connectivity index (χ0v) is 12.2. The molecule has 0 aliphatic carbocycles. The van der Waals surface area contributed by atoms with Crippen molar-refractivity contribution < 1.29 is 4.79 Å². The van der Waals surface area contributed by atoms with Crippen molar-refractivity contribution in [2.75, 3.05) is 0 Å². The molecule has 0 spiro atoms. The Bertz CT molecular complexity index is 589. The Morgan fingerprint density at radius 2 is 2.15 bits per heavy atom. The third-order valence-corrected chi connectivity index (χ3v) is 3.38. The number of hydrogen-bond acceptors (Lipinski definition) is 2. The van der Waals surface area contributed by atoms with Gasteiger partial charge in [-0.1, -0.05) is 13.8 Å². The van der Waals surface area contributed by atoms with Crippen LogP contribution in [0.3, 0.4) is 0 Å². The third kappa shape index (κ3) is 3.26. The van der Waals surface area contributed by atoms with E-state index in [0.717, 1.165) is 29.8 Å². The summed E-state index contributed by atoms with van der Waals surface area (Å²) in [6.45, 7) is 6.12. The SMILES string of the molecule is CCc1ccc(C(=O)N[C@@H](CC)c2cc(C)ccn2)[nH]1. The zero-order valence-electron chi connectivity index (χ0n) is 12.2. The lowest BCUT2D eigenvalue weighted by Crippen LogP contribution is -2.29. The van der Waals surface area contributed by atoms with Crippen LogP contribution < -0.4 is 5.32 Å². The van der Waals surface area contributed by atoms with Gasteiger partial charge in [-0.15, -0.1) is 0 Å². The van der Waals surface area contributed by atoms with Crippen LogP contribution in [0.25, 0.3) is 0 Å². The van der Waals surface area contributed by atoms with Gasteiger partial charge in [0.1, 0.15) is 5.69 Å². The number of aromatic nitrogens is 2. The average molecular weight is 271 g/mol. The van der Waals surface area contributed by atoms with Crippen molar-refractivity contribution in [2.24, 2.45) is 0 Å². The molecule has 0 aliphatic rings. The summed E-state index contributed by atoms with van der Waals surface area (Å²) in [5, 5.41) is 3.03. The van der Waals surface area contributed by atoms with E-state index < -0.39 is 0 Å². The van der Waals surface area contributed by atoms with Gasteiger partial charge in [0.2, 0.25) is 0 Å². The van der Waals surface area contributed by atoms with Crippen LogP contribution in [-0.4, -0.2) is 15.9 Å². The lowest BCUT2D eigenvalue weighted by molar-refractivity contribution is 0.0930. The molecular weight excluding hydrogens is 250 g/mol. The number of pyridine rings is 1. The molecule has 20 heavy (non-hydrogen) atoms. The number of H-pyrrole nitrogens is 1. The Hall–Kier alpha value is -2.10. The molecule has 2 aromatic rings. The first kappa shape index (κ1) is 14.3. The minimum Gasteiger partial charge on any atom is -0.354 e. The fourth-order valence-electron chi connectivity index (χ4n) is 2.15. The number of nitrogens with zero attached hydrogens (tertiary/aromatic N) is 1. The van der Waals surface area contributed by atoms with Crippen LogP contribution in [0.4, 0.5) is 0 Å². The summed E-state index contributed by atoms with van der Waals surface area (Å²) in [6, 6.07) is 7.68. The van der Waals surface area contributed by atoms with Crippen molar-refractivity contribution in [1.82, 2.24) is 15.3 Å². The van der Waals surface area contributed by atoms with Gasteiger partial charge in [-0.3, -0.25) is 9.78 Å². The molecule has 2 heterocycles. The Balaban J connectivity index is 2.11. The quantitative estimate of drug-likeness (QED) is 0.877. The molecule has 0 fully saturated rings. The molecule has 4 nitrogen and oxygen atoms in total. The Morgan fingerprint density at radius 1 is 1.35 bits per heavy atom. The third-order valence-electron chi connectivity index (χ3n) is 3.38.